The van der Waals surface area contributed by atoms with Gasteiger partial charge < -0.3 is 11.1 Å². The van der Waals surface area contributed by atoms with E-state index < -0.39 is 0 Å². The fourth-order valence-electron chi connectivity index (χ4n) is 2.47. The Morgan fingerprint density at radius 3 is 2.43 bits per heavy atom. The molecule has 0 aliphatic rings. The van der Waals surface area contributed by atoms with Crippen LogP contribution in [0.15, 0.2) is 54.6 Å². The number of hydrogen-bond acceptors (Lipinski definition) is 2. The average Bonchev–Trinajstić information content (AvgIpc) is 2.49. The molecule has 1 amide bonds. The Kier molecular flexibility index (Phi) is 5.52. The molecule has 0 aromatic heterocycles. The largest absolute Gasteiger partial charge is 0.370 e. The van der Waals surface area contributed by atoms with Gasteiger partial charge in [-0.2, -0.15) is 0 Å². The van der Waals surface area contributed by atoms with Gasteiger partial charge in [0.1, 0.15) is 0 Å². The lowest BCUT2D eigenvalue weighted by molar-refractivity contribution is -0.118. The summed E-state index contributed by atoms with van der Waals surface area (Å²) >= 11 is 0. The Morgan fingerprint density at radius 1 is 1.10 bits per heavy atom. The number of nitrogens with one attached hydrogen (secondary N) is 1. The van der Waals surface area contributed by atoms with Gasteiger partial charge in [0.2, 0.25) is 5.91 Å². The Labute approximate surface area is 126 Å². The van der Waals surface area contributed by atoms with Crippen LogP contribution in [0.4, 0.5) is 0 Å². The van der Waals surface area contributed by atoms with E-state index in [9.17, 15) is 4.79 Å². The third-order valence-electron chi connectivity index (χ3n) is 3.58. The van der Waals surface area contributed by atoms with Crippen molar-refractivity contribution in [2.45, 2.75) is 25.8 Å². The van der Waals surface area contributed by atoms with E-state index in [0.29, 0.717) is 6.42 Å². The normalized spacial score (nSPS) is 12.0. The molecule has 0 heterocycles. The number of benzene rings is 2. The third kappa shape index (κ3) is 4.43. The molecule has 21 heavy (non-hydrogen) atoms. The fourth-order valence-corrected chi connectivity index (χ4v) is 2.47. The zero-order valence-corrected chi connectivity index (χ0v) is 12.4. The molecular formula is C18H22N2O. The van der Waals surface area contributed by atoms with Crippen LogP contribution in [0.3, 0.4) is 0 Å². The lowest BCUT2D eigenvalue weighted by Crippen LogP contribution is -2.25. The van der Waals surface area contributed by atoms with E-state index in [1.807, 2.05) is 24.3 Å². The summed E-state index contributed by atoms with van der Waals surface area (Å²) in [6.45, 7) is 2.88. The smallest absolute Gasteiger partial charge is 0.217 e. The minimum atomic E-state index is -0.246. The topological polar surface area (TPSA) is 55.1 Å². The summed E-state index contributed by atoms with van der Waals surface area (Å²) in [5, 5.41) is 3.54. The molecule has 0 aliphatic heterocycles. The van der Waals surface area contributed by atoms with Crippen molar-refractivity contribution in [1.29, 1.82) is 0 Å². The minimum absolute atomic E-state index is 0.139. The Morgan fingerprint density at radius 2 is 1.76 bits per heavy atom. The molecule has 3 heteroatoms. The van der Waals surface area contributed by atoms with Gasteiger partial charge in [0.15, 0.2) is 0 Å². The number of amides is 1. The van der Waals surface area contributed by atoms with Crippen LogP contribution in [-0.4, -0.2) is 12.5 Å². The van der Waals surface area contributed by atoms with Crippen LogP contribution in [0.5, 0.6) is 0 Å². The molecule has 3 nitrogen and oxygen atoms in total. The van der Waals surface area contributed by atoms with Crippen LogP contribution >= 0.6 is 0 Å². The van der Waals surface area contributed by atoms with Gasteiger partial charge in [-0.3, -0.25) is 4.79 Å². The molecule has 2 rings (SSSR count). The predicted octanol–water partition coefficient (Wildman–Crippen LogP) is 2.94. The number of hydrogen-bond donors (Lipinski definition) is 2. The molecule has 3 N–H and O–H groups in total. The molecule has 0 aliphatic carbocycles. The second-order valence-electron chi connectivity index (χ2n) is 5.22. The summed E-state index contributed by atoms with van der Waals surface area (Å²) < 4.78 is 0. The number of aryl methyl sites for hydroxylation is 1. The van der Waals surface area contributed by atoms with Crippen molar-refractivity contribution in [1.82, 2.24) is 5.32 Å². The van der Waals surface area contributed by atoms with Gasteiger partial charge in [0, 0.05) is 6.42 Å². The average molecular weight is 282 g/mol. The predicted molar refractivity (Wildman–Crippen MR) is 85.9 cm³/mol. The van der Waals surface area contributed by atoms with Crippen LogP contribution in [-0.2, 0) is 4.79 Å². The van der Waals surface area contributed by atoms with Gasteiger partial charge in [-0.15, -0.1) is 0 Å². The summed E-state index contributed by atoms with van der Waals surface area (Å²) in [6.07, 6.45) is 1.17. The zero-order chi connectivity index (χ0) is 15.1. The maximum Gasteiger partial charge on any atom is 0.217 e. The Hall–Kier alpha value is -2.13. The molecule has 0 radical (unpaired) electrons. The van der Waals surface area contributed by atoms with Crippen LogP contribution in [0.25, 0.3) is 0 Å². The Balaban J connectivity index is 2.16. The van der Waals surface area contributed by atoms with Crippen molar-refractivity contribution >= 4 is 5.91 Å². The van der Waals surface area contributed by atoms with E-state index in [4.69, 9.17) is 5.73 Å². The van der Waals surface area contributed by atoms with Crippen LogP contribution in [0, 0.1) is 6.92 Å². The molecule has 1 unspecified atom stereocenters. The monoisotopic (exact) mass is 282 g/mol. The first-order valence-electron chi connectivity index (χ1n) is 7.30. The summed E-state index contributed by atoms with van der Waals surface area (Å²) in [5.41, 5.74) is 8.94. The van der Waals surface area contributed by atoms with Gasteiger partial charge in [0.25, 0.3) is 0 Å². The zero-order valence-electron chi connectivity index (χ0n) is 12.4. The van der Waals surface area contributed by atoms with Crippen molar-refractivity contribution in [2.75, 3.05) is 6.54 Å². The van der Waals surface area contributed by atoms with E-state index in [2.05, 4.69) is 42.6 Å². The standard InChI is InChI=1S/C18H22N2O/c1-14-8-5-6-11-16(14)18(15-9-3-2-4-10-15)20-13-7-12-17(19)21/h2-6,8-11,18,20H,7,12-13H2,1H3,(H2,19,21). The first kappa shape index (κ1) is 15.3. The molecule has 2 aromatic rings. The summed E-state index contributed by atoms with van der Waals surface area (Å²) in [6, 6.07) is 18.9. The number of nitrogens with two attached hydrogens (primary N) is 1. The second-order valence-corrected chi connectivity index (χ2v) is 5.22. The highest BCUT2D eigenvalue weighted by atomic mass is 16.1. The van der Waals surface area contributed by atoms with Crippen molar-refractivity contribution < 1.29 is 4.79 Å². The van der Waals surface area contributed by atoms with Gasteiger partial charge in [0.05, 0.1) is 6.04 Å². The van der Waals surface area contributed by atoms with E-state index in [0.717, 1.165) is 13.0 Å². The lowest BCUT2D eigenvalue weighted by atomic mass is 9.95. The van der Waals surface area contributed by atoms with E-state index in [-0.39, 0.29) is 11.9 Å². The first-order valence-corrected chi connectivity index (χ1v) is 7.30. The van der Waals surface area contributed by atoms with Gasteiger partial charge in [-0.05, 0) is 36.6 Å². The fraction of sp³-hybridized carbons (Fsp3) is 0.278. The van der Waals surface area contributed by atoms with E-state index in [1.54, 1.807) is 0 Å². The SMILES string of the molecule is Cc1ccccc1C(NCCCC(N)=O)c1ccccc1. The van der Waals surface area contributed by atoms with Crippen LogP contribution in [0.2, 0.25) is 0 Å². The van der Waals surface area contributed by atoms with Crippen LogP contribution in [0.1, 0.15) is 35.6 Å². The van der Waals surface area contributed by atoms with Crippen molar-refractivity contribution in [2.24, 2.45) is 5.73 Å². The first-order chi connectivity index (χ1) is 10.2. The molecule has 0 bridgehead atoms. The van der Waals surface area contributed by atoms with Gasteiger partial charge in [-0.25, -0.2) is 0 Å². The molecule has 0 saturated heterocycles. The molecule has 1 atom stereocenters. The molecular weight excluding hydrogens is 260 g/mol. The van der Waals surface area contributed by atoms with Gasteiger partial charge >= 0.3 is 0 Å². The maximum absolute atomic E-state index is 10.8. The third-order valence-corrected chi connectivity index (χ3v) is 3.58. The molecule has 0 fully saturated rings. The molecule has 0 saturated carbocycles. The van der Waals surface area contributed by atoms with E-state index in [1.165, 1.54) is 16.7 Å². The van der Waals surface area contributed by atoms with Crippen molar-refractivity contribution in [3.8, 4) is 0 Å². The Bertz CT molecular complexity index is 581. The highest BCUT2D eigenvalue weighted by molar-refractivity contribution is 5.73. The summed E-state index contributed by atoms with van der Waals surface area (Å²) in [4.78, 5) is 10.8. The van der Waals surface area contributed by atoms with Gasteiger partial charge in [-0.1, -0.05) is 54.6 Å². The quantitative estimate of drug-likeness (QED) is 0.767. The molecule has 0 spiro atoms. The number of carbonyl (C=O) groups excluding carboxylic acids is 1. The number of carbonyl (C=O) groups is 1. The molecule has 2 aromatic carbocycles. The number of primary amides is 1. The van der Waals surface area contributed by atoms with Crippen LogP contribution < -0.4 is 11.1 Å². The lowest BCUT2D eigenvalue weighted by Gasteiger charge is -2.21. The second kappa shape index (κ2) is 7.60. The number of rotatable bonds is 7. The summed E-state index contributed by atoms with van der Waals surface area (Å²) in [7, 11) is 0. The molecule has 110 valence electrons. The maximum atomic E-state index is 10.8. The van der Waals surface area contributed by atoms with Crippen molar-refractivity contribution in [3.63, 3.8) is 0 Å². The highest BCUT2D eigenvalue weighted by Gasteiger charge is 2.14. The summed E-state index contributed by atoms with van der Waals surface area (Å²) in [5.74, 6) is -0.246. The van der Waals surface area contributed by atoms with E-state index >= 15 is 0 Å². The highest BCUT2D eigenvalue weighted by Crippen LogP contribution is 2.24. The minimum Gasteiger partial charge on any atom is -0.370 e. The van der Waals surface area contributed by atoms with Crippen molar-refractivity contribution in [3.05, 3.63) is 71.3 Å².